The molecule has 1 aromatic carbocycles. The summed E-state index contributed by atoms with van der Waals surface area (Å²) in [5, 5.41) is 0. The molecule has 0 amide bonds. The third-order valence-electron chi connectivity index (χ3n) is 3.23. The minimum absolute atomic E-state index is 1.07. The average Bonchev–Trinajstić information content (AvgIpc) is 2.14. The molecule has 0 aliphatic rings. The van der Waals surface area contributed by atoms with Crippen LogP contribution in [0.15, 0.2) is 17.7 Å². The van der Waals surface area contributed by atoms with Gasteiger partial charge in [0, 0.05) is 0 Å². The Morgan fingerprint density at radius 1 is 1.00 bits per heavy atom. The van der Waals surface area contributed by atoms with Crippen molar-refractivity contribution >= 4 is 0 Å². The van der Waals surface area contributed by atoms with Gasteiger partial charge in [-0.1, -0.05) is 17.7 Å². The van der Waals surface area contributed by atoms with Crippen LogP contribution in [0, 0.1) is 27.7 Å². The number of hydrogen-bond acceptors (Lipinski definition) is 0. The summed E-state index contributed by atoms with van der Waals surface area (Å²) >= 11 is 0. The third kappa shape index (κ3) is 2.71. The first-order chi connectivity index (χ1) is 6.93. The minimum Gasteiger partial charge on any atom is -0.0815 e. The van der Waals surface area contributed by atoms with Crippen molar-refractivity contribution in [3.8, 4) is 0 Å². The van der Waals surface area contributed by atoms with Crippen LogP contribution in [0.2, 0.25) is 0 Å². The van der Waals surface area contributed by atoms with E-state index in [1.165, 1.54) is 33.4 Å². The van der Waals surface area contributed by atoms with Crippen molar-refractivity contribution in [3.05, 3.63) is 45.5 Å². The molecule has 1 rings (SSSR count). The molecule has 0 heterocycles. The predicted molar refractivity (Wildman–Crippen MR) is 68.5 cm³/mol. The van der Waals surface area contributed by atoms with Crippen LogP contribution in [0.3, 0.4) is 0 Å². The van der Waals surface area contributed by atoms with Gasteiger partial charge < -0.3 is 0 Å². The Bertz CT molecular complexity index is 391. The second kappa shape index (κ2) is 4.65. The first kappa shape index (κ1) is 12.0. The van der Waals surface area contributed by atoms with Crippen molar-refractivity contribution in [2.45, 2.75) is 48.0 Å². The molecule has 0 spiro atoms. The van der Waals surface area contributed by atoms with E-state index in [2.05, 4.69) is 53.7 Å². The van der Waals surface area contributed by atoms with E-state index < -0.39 is 0 Å². The van der Waals surface area contributed by atoms with E-state index in [0.29, 0.717) is 0 Å². The Kier molecular flexibility index (Phi) is 3.73. The smallest absolute Gasteiger partial charge is 0.00896 e. The molecule has 0 aliphatic heterocycles. The summed E-state index contributed by atoms with van der Waals surface area (Å²) < 4.78 is 0. The summed E-state index contributed by atoms with van der Waals surface area (Å²) in [4.78, 5) is 0. The normalized spacial score (nSPS) is 10.3. The van der Waals surface area contributed by atoms with Crippen LogP contribution < -0.4 is 0 Å². The molecular weight excluding hydrogens is 180 g/mol. The number of benzene rings is 1. The van der Waals surface area contributed by atoms with Gasteiger partial charge in [-0.15, -0.1) is 0 Å². The Morgan fingerprint density at radius 2 is 1.60 bits per heavy atom. The highest BCUT2D eigenvalue weighted by Gasteiger charge is 2.06. The van der Waals surface area contributed by atoms with Gasteiger partial charge in [-0.05, 0) is 75.8 Å². The van der Waals surface area contributed by atoms with E-state index in [4.69, 9.17) is 0 Å². The lowest BCUT2D eigenvalue weighted by atomic mass is 9.92. The number of rotatable bonds is 2. The molecule has 0 saturated carbocycles. The lowest BCUT2D eigenvalue weighted by Crippen LogP contribution is -1.98. The van der Waals surface area contributed by atoms with E-state index in [1.807, 2.05) is 0 Å². The van der Waals surface area contributed by atoms with Crippen molar-refractivity contribution in [1.29, 1.82) is 0 Å². The van der Waals surface area contributed by atoms with Gasteiger partial charge in [0.2, 0.25) is 0 Å². The molecule has 0 bridgehead atoms. The second-order valence-electron chi connectivity index (χ2n) is 4.72. The van der Waals surface area contributed by atoms with Crippen molar-refractivity contribution < 1.29 is 0 Å². The number of aryl methyl sites for hydroxylation is 2. The van der Waals surface area contributed by atoms with Gasteiger partial charge in [-0.3, -0.25) is 0 Å². The van der Waals surface area contributed by atoms with Crippen LogP contribution in [0.25, 0.3) is 0 Å². The Labute approximate surface area is 94.0 Å². The Balaban J connectivity index is 3.18. The quantitative estimate of drug-likeness (QED) is 0.622. The maximum Gasteiger partial charge on any atom is -0.00896 e. The van der Waals surface area contributed by atoms with Gasteiger partial charge in [0.15, 0.2) is 0 Å². The highest BCUT2D eigenvalue weighted by molar-refractivity contribution is 5.44. The van der Waals surface area contributed by atoms with E-state index in [1.54, 1.807) is 0 Å². The van der Waals surface area contributed by atoms with Crippen LogP contribution in [-0.4, -0.2) is 0 Å². The fourth-order valence-corrected chi connectivity index (χ4v) is 1.96. The van der Waals surface area contributed by atoms with Crippen LogP contribution in [-0.2, 0) is 6.42 Å². The molecule has 0 fully saturated rings. The standard InChI is InChI=1S/C15H22/c1-10(2)7-8-15-12(4)9-11(3)13(5)14(15)6/h7,9H,8H2,1-6H3. The topological polar surface area (TPSA) is 0 Å². The molecule has 0 saturated heterocycles. The largest absolute Gasteiger partial charge is 0.0815 e. The van der Waals surface area contributed by atoms with E-state index in [-0.39, 0.29) is 0 Å². The summed E-state index contributed by atoms with van der Waals surface area (Å²) in [6, 6.07) is 2.30. The third-order valence-corrected chi connectivity index (χ3v) is 3.23. The minimum atomic E-state index is 1.07. The molecular formula is C15H22. The fourth-order valence-electron chi connectivity index (χ4n) is 1.96. The maximum atomic E-state index is 2.31. The summed E-state index contributed by atoms with van der Waals surface area (Å²) in [6.45, 7) is 13.2. The maximum absolute atomic E-state index is 2.31. The molecule has 0 nitrogen and oxygen atoms in total. The van der Waals surface area contributed by atoms with Crippen LogP contribution in [0.1, 0.15) is 41.7 Å². The van der Waals surface area contributed by atoms with Crippen LogP contribution in [0.4, 0.5) is 0 Å². The summed E-state index contributed by atoms with van der Waals surface area (Å²) in [6.07, 6.45) is 3.38. The fraction of sp³-hybridized carbons (Fsp3) is 0.467. The van der Waals surface area contributed by atoms with Gasteiger partial charge in [0.05, 0.1) is 0 Å². The molecule has 0 aromatic heterocycles. The first-order valence-electron chi connectivity index (χ1n) is 5.63. The number of allylic oxidation sites excluding steroid dienone is 2. The second-order valence-corrected chi connectivity index (χ2v) is 4.72. The molecule has 0 N–H and O–H groups in total. The summed E-state index contributed by atoms with van der Waals surface area (Å²) in [5.41, 5.74) is 8.63. The zero-order valence-corrected chi connectivity index (χ0v) is 10.9. The molecule has 15 heavy (non-hydrogen) atoms. The van der Waals surface area contributed by atoms with Crippen molar-refractivity contribution in [2.75, 3.05) is 0 Å². The van der Waals surface area contributed by atoms with E-state index >= 15 is 0 Å². The van der Waals surface area contributed by atoms with E-state index in [9.17, 15) is 0 Å². The molecule has 1 aromatic rings. The zero-order valence-electron chi connectivity index (χ0n) is 10.9. The van der Waals surface area contributed by atoms with Crippen LogP contribution >= 0.6 is 0 Å². The first-order valence-corrected chi connectivity index (χ1v) is 5.63. The van der Waals surface area contributed by atoms with E-state index in [0.717, 1.165) is 6.42 Å². The lowest BCUT2D eigenvalue weighted by molar-refractivity contribution is 1.10. The zero-order chi connectivity index (χ0) is 11.6. The summed E-state index contributed by atoms with van der Waals surface area (Å²) in [7, 11) is 0. The van der Waals surface area contributed by atoms with Gasteiger partial charge in [-0.2, -0.15) is 0 Å². The lowest BCUT2D eigenvalue weighted by Gasteiger charge is -2.13. The highest BCUT2D eigenvalue weighted by atomic mass is 14.1. The molecule has 0 heteroatoms. The van der Waals surface area contributed by atoms with Crippen molar-refractivity contribution in [3.63, 3.8) is 0 Å². The molecule has 0 unspecified atom stereocenters. The van der Waals surface area contributed by atoms with Crippen LogP contribution in [0.5, 0.6) is 0 Å². The monoisotopic (exact) mass is 202 g/mol. The van der Waals surface area contributed by atoms with Crippen molar-refractivity contribution in [2.24, 2.45) is 0 Å². The molecule has 0 atom stereocenters. The van der Waals surface area contributed by atoms with Gasteiger partial charge in [0.25, 0.3) is 0 Å². The SMILES string of the molecule is CC(C)=CCc1c(C)cc(C)c(C)c1C. The molecule has 0 radical (unpaired) electrons. The average molecular weight is 202 g/mol. The van der Waals surface area contributed by atoms with Gasteiger partial charge in [0.1, 0.15) is 0 Å². The number of hydrogen-bond donors (Lipinski definition) is 0. The van der Waals surface area contributed by atoms with Gasteiger partial charge in [-0.25, -0.2) is 0 Å². The Morgan fingerprint density at radius 3 is 2.13 bits per heavy atom. The molecule has 82 valence electrons. The predicted octanol–water partition coefficient (Wildman–Crippen LogP) is 4.43. The van der Waals surface area contributed by atoms with Gasteiger partial charge >= 0.3 is 0 Å². The summed E-state index contributed by atoms with van der Waals surface area (Å²) in [5.74, 6) is 0. The highest BCUT2D eigenvalue weighted by Crippen LogP contribution is 2.22. The molecule has 0 aliphatic carbocycles. The van der Waals surface area contributed by atoms with Crippen molar-refractivity contribution in [1.82, 2.24) is 0 Å². The Hall–Kier alpha value is -1.04.